The molecule has 0 amide bonds. The van der Waals surface area contributed by atoms with Crippen LogP contribution in [0.4, 0.5) is 0 Å². The molecule has 0 saturated carbocycles. The molecule has 106 valence electrons. The molecule has 21 heavy (non-hydrogen) atoms. The molecule has 4 heteroatoms. The zero-order valence-electron chi connectivity index (χ0n) is 11.3. The number of carbonyl (C=O) groups excluding carboxylic acids is 1. The maximum Gasteiger partial charge on any atom is 0.199 e. The maximum absolute atomic E-state index is 12.3. The van der Waals surface area contributed by atoms with Crippen molar-refractivity contribution in [3.63, 3.8) is 0 Å². The summed E-state index contributed by atoms with van der Waals surface area (Å²) in [6.07, 6.45) is 1.98. The predicted molar refractivity (Wildman–Crippen MR) is 87.0 cm³/mol. The molecule has 0 N–H and O–H groups in total. The van der Waals surface area contributed by atoms with E-state index in [9.17, 15) is 4.79 Å². The van der Waals surface area contributed by atoms with Crippen LogP contribution in [0.25, 0.3) is 0 Å². The average molecular weight is 314 g/mol. The third-order valence-corrected chi connectivity index (χ3v) is 5.43. The van der Waals surface area contributed by atoms with E-state index in [-0.39, 0.29) is 11.0 Å². The van der Waals surface area contributed by atoms with Gasteiger partial charge < -0.3 is 4.42 Å². The fourth-order valence-corrected chi connectivity index (χ4v) is 4.13. The fraction of sp³-hybridized carbons (Fsp3) is 0.118. The number of benzene rings is 1. The van der Waals surface area contributed by atoms with E-state index in [4.69, 9.17) is 4.42 Å². The van der Waals surface area contributed by atoms with Crippen molar-refractivity contribution in [1.29, 1.82) is 0 Å². The quantitative estimate of drug-likeness (QED) is 0.448. The van der Waals surface area contributed by atoms with Crippen molar-refractivity contribution in [3.05, 3.63) is 76.9 Å². The molecule has 1 aromatic carbocycles. The Labute approximate surface area is 131 Å². The van der Waals surface area contributed by atoms with Crippen LogP contribution in [0.1, 0.15) is 27.1 Å². The standard InChI is InChI=1S/C17H14O2S2/c18-14(15-8-4-10-19-15)12-17(16-9-5-11-20-16)21-13-6-2-1-3-7-13/h1-11,17H,12H2/t17-/m1/s1. The van der Waals surface area contributed by atoms with E-state index in [2.05, 4.69) is 18.2 Å². The zero-order chi connectivity index (χ0) is 14.5. The molecule has 0 unspecified atom stereocenters. The number of hydrogen-bond acceptors (Lipinski definition) is 4. The molecule has 3 aromatic rings. The first-order valence-electron chi connectivity index (χ1n) is 6.65. The van der Waals surface area contributed by atoms with Gasteiger partial charge in [-0.05, 0) is 35.7 Å². The molecular weight excluding hydrogens is 300 g/mol. The molecule has 0 radical (unpaired) electrons. The third kappa shape index (κ3) is 3.65. The summed E-state index contributed by atoms with van der Waals surface area (Å²) in [5.74, 6) is 0.479. The van der Waals surface area contributed by atoms with Crippen molar-refractivity contribution in [3.8, 4) is 0 Å². The molecule has 2 nitrogen and oxygen atoms in total. The largest absolute Gasteiger partial charge is 0.461 e. The summed E-state index contributed by atoms with van der Waals surface area (Å²) < 4.78 is 5.21. The van der Waals surface area contributed by atoms with Gasteiger partial charge in [0.25, 0.3) is 0 Å². The van der Waals surface area contributed by atoms with Gasteiger partial charge in [-0.2, -0.15) is 0 Å². The van der Waals surface area contributed by atoms with Crippen molar-refractivity contribution in [2.45, 2.75) is 16.6 Å². The first-order valence-corrected chi connectivity index (χ1v) is 8.40. The number of carbonyl (C=O) groups is 1. The predicted octanol–water partition coefficient (Wildman–Crippen LogP) is 5.45. The van der Waals surface area contributed by atoms with Gasteiger partial charge in [-0.1, -0.05) is 24.3 Å². The van der Waals surface area contributed by atoms with Crippen LogP contribution in [0.15, 0.2) is 75.6 Å². The van der Waals surface area contributed by atoms with Crippen molar-refractivity contribution < 1.29 is 9.21 Å². The Morgan fingerprint density at radius 3 is 2.62 bits per heavy atom. The smallest absolute Gasteiger partial charge is 0.199 e. The molecule has 2 heterocycles. The Balaban J connectivity index is 1.78. The van der Waals surface area contributed by atoms with Gasteiger partial charge >= 0.3 is 0 Å². The number of thiophene rings is 1. The van der Waals surface area contributed by atoms with Crippen LogP contribution in [-0.2, 0) is 0 Å². The van der Waals surface area contributed by atoms with Crippen LogP contribution in [0.2, 0.25) is 0 Å². The number of ketones is 1. The minimum Gasteiger partial charge on any atom is -0.461 e. The van der Waals surface area contributed by atoms with Crippen molar-refractivity contribution in [2.24, 2.45) is 0 Å². The van der Waals surface area contributed by atoms with Gasteiger partial charge in [-0.3, -0.25) is 4.79 Å². The Hall–Kier alpha value is -1.78. The molecule has 0 aliphatic heterocycles. The Bertz CT molecular complexity index is 673. The number of furan rings is 1. The summed E-state index contributed by atoms with van der Waals surface area (Å²) in [6.45, 7) is 0. The van der Waals surface area contributed by atoms with Gasteiger partial charge in [0.05, 0.1) is 11.5 Å². The molecule has 2 aromatic heterocycles. The Morgan fingerprint density at radius 2 is 1.95 bits per heavy atom. The summed E-state index contributed by atoms with van der Waals surface area (Å²) in [5.41, 5.74) is 0. The fourth-order valence-electron chi connectivity index (χ4n) is 2.04. The van der Waals surface area contributed by atoms with E-state index in [0.29, 0.717) is 12.2 Å². The molecule has 0 aliphatic carbocycles. The minimum atomic E-state index is 0.0434. The van der Waals surface area contributed by atoms with Gasteiger partial charge in [0.2, 0.25) is 0 Å². The van der Waals surface area contributed by atoms with Crippen LogP contribution in [0.3, 0.4) is 0 Å². The highest BCUT2D eigenvalue weighted by molar-refractivity contribution is 7.99. The molecular formula is C17H14O2S2. The third-order valence-electron chi connectivity index (χ3n) is 3.05. The summed E-state index contributed by atoms with van der Waals surface area (Å²) in [6, 6.07) is 17.8. The summed E-state index contributed by atoms with van der Waals surface area (Å²) in [4.78, 5) is 14.7. The van der Waals surface area contributed by atoms with Gasteiger partial charge in [-0.15, -0.1) is 23.1 Å². The molecule has 0 aliphatic rings. The molecule has 0 fully saturated rings. The second-order valence-electron chi connectivity index (χ2n) is 4.54. The summed E-state index contributed by atoms with van der Waals surface area (Å²) >= 11 is 3.41. The van der Waals surface area contributed by atoms with E-state index in [0.717, 1.165) is 0 Å². The lowest BCUT2D eigenvalue weighted by atomic mass is 10.1. The van der Waals surface area contributed by atoms with Crippen LogP contribution in [0, 0.1) is 0 Å². The van der Waals surface area contributed by atoms with E-state index in [1.54, 1.807) is 35.2 Å². The van der Waals surface area contributed by atoms with E-state index < -0.39 is 0 Å². The lowest BCUT2D eigenvalue weighted by Crippen LogP contribution is -2.03. The zero-order valence-corrected chi connectivity index (χ0v) is 12.9. The van der Waals surface area contributed by atoms with Crippen molar-refractivity contribution >= 4 is 28.9 Å². The lowest BCUT2D eigenvalue weighted by Gasteiger charge is -2.13. The average Bonchev–Trinajstić information content (AvgIpc) is 3.21. The number of thioether (sulfide) groups is 1. The van der Waals surface area contributed by atoms with Crippen LogP contribution in [-0.4, -0.2) is 5.78 Å². The lowest BCUT2D eigenvalue weighted by molar-refractivity contribution is 0.0955. The van der Waals surface area contributed by atoms with Gasteiger partial charge in [-0.25, -0.2) is 0 Å². The first-order chi connectivity index (χ1) is 10.3. The Kier molecular flexibility index (Phi) is 4.58. The molecule has 0 spiro atoms. The van der Waals surface area contributed by atoms with Gasteiger partial charge in [0, 0.05) is 16.2 Å². The van der Waals surface area contributed by atoms with Crippen LogP contribution >= 0.6 is 23.1 Å². The van der Waals surface area contributed by atoms with E-state index >= 15 is 0 Å². The highest BCUT2D eigenvalue weighted by Gasteiger charge is 2.20. The maximum atomic E-state index is 12.3. The molecule has 0 bridgehead atoms. The normalized spacial score (nSPS) is 12.2. The summed E-state index contributed by atoms with van der Waals surface area (Å²) in [7, 11) is 0. The van der Waals surface area contributed by atoms with Crippen LogP contribution in [0.5, 0.6) is 0 Å². The second kappa shape index (κ2) is 6.78. The minimum absolute atomic E-state index is 0.0434. The second-order valence-corrected chi connectivity index (χ2v) is 6.79. The summed E-state index contributed by atoms with van der Waals surface area (Å²) in [5, 5.41) is 2.16. The number of rotatable bonds is 6. The number of hydrogen-bond donors (Lipinski definition) is 0. The molecule has 3 rings (SSSR count). The van der Waals surface area contributed by atoms with Gasteiger partial charge in [0.15, 0.2) is 11.5 Å². The highest BCUT2D eigenvalue weighted by atomic mass is 32.2. The highest BCUT2D eigenvalue weighted by Crippen LogP contribution is 2.40. The monoisotopic (exact) mass is 314 g/mol. The van der Waals surface area contributed by atoms with E-state index in [1.807, 2.05) is 29.6 Å². The topological polar surface area (TPSA) is 30.2 Å². The molecule has 1 atom stereocenters. The van der Waals surface area contributed by atoms with Crippen LogP contribution < -0.4 is 0 Å². The van der Waals surface area contributed by atoms with Crippen molar-refractivity contribution in [2.75, 3.05) is 0 Å². The van der Waals surface area contributed by atoms with Crippen molar-refractivity contribution in [1.82, 2.24) is 0 Å². The van der Waals surface area contributed by atoms with E-state index in [1.165, 1.54) is 16.0 Å². The molecule has 0 saturated heterocycles. The SMILES string of the molecule is O=C(C[C@@H](Sc1ccccc1)c1cccs1)c1ccco1. The Morgan fingerprint density at radius 1 is 1.10 bits per heavy atom. The first kappa shape index (κ1) is 14.2. The number of Topliss-reactive ketones (excluding diaryl/α,β-unsaturated/α-hetero) is 1. The van der Waals surface area contributed by atoms with Gasteiger partial charge in [0.1, 0.15) is 0 Å².